The summed E-state index contributed by atoms with van der Waals surface area (Å²) >= 11 is 0. The fourth-order valence-electron chi connectivity index (χ4n) is 2.98. The molecule has 30 heavy (non-hydrogen) atoms. The lowest BCUT2D eigenvalue weighted by atomic mass is 10.0. The molecule has 0 aromatic heterocycles. The van der Waals surface area contributed by atoms with Crippen LogP contribution in [0.4, 0.5) is 18.9 Å². The van der Waals surface area contributed by atoms with Crippen LogP contribution < -0.4 is 10.6 Å². The second-order valence-electron chi connectivity index (χ2n) is 6.73. The third-order valence-corrected chi connectivity index (χ3v) is 4.47. The van der Waals surface area contributed by atoms with E-state index in [4.69, 9.17) is 0 Å². The van der Waals surface area contributed by atoms with Gasteiger partial charge in [0.1, 0.15) is 6.04 Å². The Morgan fingerprint density at radius 3 is 2.37 bits per heavy atom. The average molecular weight is 416 g/mol. The number of nitrogens with one attached hydrogen (secondary N) is 2. The van der Waals surface area contributed by atoms with Crippen LogP contribution >= 0.6 is 0 Å². The molecule has 156 valence electrons. The van der Waals surface area contributed by atoms with E-state index >= 15 is 0 Å². The van der Waals surface area contributed by atoms with Crippen LogP contribution in [0.1, 0.15) is 11.1 Å². The number of alkyl halides is 3. The van der Waals surface area contributed by atoms with Crippen molar-refractivity contribution in [1.29, 1.82) is 0 Å². The van der Waals surface area contributed by atoms with E-state index in [1.54, 1.807) is 6.07 Å². The van der Waals surface area contributed by atoms with Crippen molar-refractivity contribution < 1.29 is 27.9 Å². The summed E-state index contributed by atoms with van der Waals surface area (Å²) in [7, 11) is 0. The third kappa shape index (κ3) is 5.36. The number of anilines is 1. The highest BCUT2D eigenvalue weighted by Crippen LogP contribution is 2.30. The first kappa shape index (κ1) is 21.3. The van der Waals surface area contributed by atoms with Gasteiger partial charge in [-0.25, -0.2) is 0 Å². The maximum Gasteiger partial charge on any atom is 0.416 e. The third-order valence-electron chi connectivity index (χ3n) is 4.47. The van der Waals surface area contributed by atoms with Crippen molar-refractivity contribution in [2.75, 3.05) is 11.9 Å². The Morgan fingerprint density at radius 2 is 1.67 bits per heavy atom. The number of carbonyl (C=O) groups is 2. The van der Waals surface area contributed by atoms with Crippen LogP contribution in [0.5, 0.6) is 0 Å². The molecule has 3 aromatic rings. The fraction of sp³-hybridized carbons (Fsp3) is 0.182. The van der Waals surface area contributed by atoms with Gasteiger partial charge in [-0.15, -0.1) is 0 Å². The Morgan fingerprint density at radius 1 is 0.933 bits per heavy atom. The van der Waals surface area contributed by atoms with Crippen molar-refractivity contribution in [2.24, 2.45) is 0 Å². The van der Waals surface area contributed by atoms with Crippen molar-refractivity contribution in [3.8, 4) is 0 Å². The molecule has 3 N–H and O–H groups in total. The first-order chi connectivity index (χ1) is 14.3. The van der Waals surface area contributed by atoms with Gasteiger partial charge >= 0.3 is 6.18 Å². The van der Waals surface area contributed by atoms with E-state index in [2.05, 4.69) is 10.6 Å². The van der Waals surface area contributed by atoms with Gasteiger partial charge in [-0.05, 0) is 34.5 Å². The van der Waals surface area contributed by atoms with Crippen molar-refractivity contribution in [3.05, 3.63) is 77.9 Å². The number of amides is 2. The number of rotatable bonds is 6. The molecule has 0 aliphatic heterocycles. The van der Waals surface area contributed by atoms with Crippen LogP contribution in [0.2, 0.25) is 0 Å². The normalized spacial score (nSPS) is 12.4. The summed E-state index contributed by atoms with van der Waals surface area (Å²) < 4.78 is 38.4. The molecule has 0 aliphatic carbocycles. The van der Waals surface area contributed by atoms with Crippen LogP contribution in [0, 0.1) is 0 Å². The number of fused-ring (bicyclic) bond motifs is 1. The number of hydrogen-bond donors (Lipinski definition) is 3. The first-order valence-corrected chi connectivity index (χ1v) is 9.12. The average Bonchev–Trinajstić information content (AvgIpc) is 2.71. The van der Waals surface area contributed by atoms with E-state index in [0.29, 0.717) is 0 Å². The molecule has 8 heteroatoms. The van der Waals surface area contributed by atoms with Gasteiger partial charge in [-0.1, -0.05) is 48.5 Å². The van der Waals surface area contributed by atoms with Gasteiger partial charge in [-0.3, -0.25) is 9.59 Å². The quantitative estimate of drug-likeness (QED) is 0.576. The summed E-state index contributed by atoms with van der Waals surface area (Å²) in [6, 6.07) is 16.0. The summed E-state index contributed by atoms with van der Waals surface area (Å²) in [5, 5.41) is 16.1. The highest BCUT2D eigenvalue weighted by molar-refractivity contribution is 5.97. The standard InChI is InChI=1S/C22H19F3N2O3/c23-22(24,25)17-6-3-7-18(12-17)26-21(30)19(13-28)27-20(29)11-14-8-9-15-4-1-2-5-16(15)10-14/h1-10,12,19,28H,11,13H2,(H,26,30)(H,27,29)/t19-/m0/s1. The number of halogens is 3. The molecule has 0 saturated heterocycles. The largest absolute Gasteiger partial charge is 0.416 e. The maximum absolute atomic E-state index is 12.8. The van der Waals surface area contributed by atoms with Crippen LogP contribution in [0.25, 0.3) is 10.8 Å². The van der Waals surface area contributed by atoms with E-state index in [9.17, 15) is 27.9 Å². The molecular weight excluding hydrogens is 397 g/mol. The number of aliphatic hydroxyl groups is 1. The van der Waals surface area contributed by atoms with Crippen LogP contribution in [0.15, 0.2) is 66.7 Å². The number of carbonyl (C=O) groups excluding carboxylic acids is 2. The Hall–Kier alpha value is -3.39. The predicted octanol–water partition coefficient (Wildman–Crippen LogP) is 3.52. The lowest BCUT2D eigenvalue weighted by Gasteiger charge is -2.17. The second kappa shape index (κ2) is 8.96. The zero-order valence-corrected chi connectivity index (χ0v) is 15.7. The highest BCUT2D eigenvalue weighted by Gasteiger charge is 2.30. The Labute approximate surface area is 170 Å². The zero-order chi connectivity index (χ0) is 21.7. The molecule has 0 heterocycles. The van der Waals surface area contributed by atoms with E-state index < -0.39 is 36.2 Å². The number of hydrogen-bond acceptors (Lipinski definition) is 3. The lowest BCUT2D eigenvalue weighted by Crippen LogP contribution is -2.46. The summed E-state index contributed by atoms with van der Waals surface area (Å²) in [5.41, 5.74) is -0.278. The van der Waals surface area contributed by atoms with Crippen molar-refractivity contribution >= 4 is 28.3 Å². The molecular formula is C22H19F3N2O3. The monoisotopic (exact) mass is 416 g/mol. The van der Waals surface area contributed by atoms with E-state index in [-0.39, 0.29) is 12.1 Å². The topological polar surface area (TPSA) is 78.4 Å². The van der Waals surface area contributed by atoms with Gasteiger partial charge in [0.05, 0.1) is 18.6 Å². The fourth-order valence-corrected chi connectivity index (χ4v) is 2.98. The molecule has 1 atom stereocenters. The molecule has 3 rings (SSSR count). The minimum atomic E-state index is -4.55. The molecule has 2 amide bonds. The first-order valence-electron chi connectivity index (χ1n) is 9.12. The SMILES string of the molecule is O=C(Cc1ccc2ccccc2c1)N[C@@H](CO)C(=O)Nc1cccc(C(F)(F)F)c1. The van der Waals surface area contributed by atoms with Crippen molar-refractivity contribution in [1.82, 2.24) is 5.32 Å². The molecule has 0 radical (unpaired) electrons. The summed E-state index contributed by atoms with van der Waals surface area (Å²) in [6.45, 7) is -0.700. The Kier molecular flexibility index (Phi) is 6.37. The smallest absolute Gasteiger partial charge is 0.394 e. The number of benzene rings is 3. The van der Waals surface area contributed by atoms with Crippen LogP contribution in [-0.4, -0.2) is 29.6 Å². The molecule has 0 aliphatic rings. The molecule has 0 bridgehead atoms. The Balaban J connectivity index is 1.63. The van der Waals surface area contributed by atoms with Gasteiger partial charge in [-0.2, -0.15) is 13.2 Å². The van der Waals surface area contributed by atoms with Crippen molar-refractivity contribution in [2.45, 2.75) is 18.6 Å². The van der Waals surface area contributed by atoms with Crippen LogP contribution in [-0.2, 0) is 22.2 Å². The van der Waals surface area contributed by atoms with E-state index in [1.165, 1.54) is 6.07 Å². The zero-order valence-electron chi connectivity index (χ0n) is 15.7. The highest BCUT2D eigenvalue weighted by atomic mass is 19.4. The molecule has 5 nitrogen and oxygen atoms in total. The molecule has 3 aromatic carbocycles. The summed E-state index contributed by atoms with van der Waals surface area (Å²) in [5.74, 6) is -1.31. The molecule has 0 saturated carbocycles. The van der Waals surface area contributed by atoms with Gasteiger partial charge < -0.3 is 15.7 Å². The minimum absolute atomic E-state index is 0.0157. The molecule has 0 fully saturated rings. The van der Waals surface area contributed by atoms with Gasteiger partial charge in [0, 0.05) is 5.69 Å². The summed E-state index contributed by atoms with van der Waals surface area (Å²) in [4.78, 5) is 24.6. The predicted molar refractivity (Wildman–Crippen MR) is 107 cm³/mol. The number of aliphatic hydroxyl groups excluding tert-OH is 1. The van der Waals surface area contributed by atoms with E-state index in [0.717, 1.165) is 34.5 Å². The Bertz CT molecular complexity index is 1070. The summed E-state index contributed by atoms with van der Waals surface area (Å²) in [6.07, 6.45) is -4.57. The molecule has 0 unspecified atom stereocenters. The maximum atomic E-state index is 12.8. The van der Waals surface area contributed by atoms with Crippen LogP contribution in [0.3, 0.4) is 0 Å². The van der Waals surface area contributed by atoms with Gasteiger partial charge in [0.25, 0.3) is 0 Å². The minimum Gasteiger partial charge on any atom is -0.394 e. The van der Waals surface area contributed by atoms with Gasteiger partial charge in [0.15, 0.2) is 0 Å². The van der Waals surface area contributed by atoms with Crippen molar-refractivity contribution in [3.63, 3.8) is 0 Å². The van der Waals surface area contributed by atoms with E-state index in [1.807, 2.05) is 36.4 Å². The second-order valence-corrected chi connectivity index (χ2v) is 6.73. The lowest BCUT2D eigenvalue weighted by molar-refractivity contribution is -0.137. The van der Waals surface area contributed by atoms with Gasteiger partial charge in [0.2, 0.25) is 11.8 Å². The molecule has 0 spiro atoms.